The van der Waals surface area contributed by atoms with Crippen molar-refractivity contribution in [2.24, 2.45) is 5.73 Å². The molecule has 0 spiro atoms. The quantitative estimate of drug-likeness (QED) is 0.425. The van der Waals surface area contributed by atoms with E-state index in [9.17, 15) is 9.18 Å². The summed E-state index contributed by atoms with van der Waals surface area (Å²) in [7, 11) is 0. The van der Waals surface area contributed by atoms with E-state index in [1.54, 1.807) is 6.07 Å². The molecule has 1 aromatic carbocycles. The molecular formula is C8H9FKNO2. The number of esters is 1. The fraction of sp³-hybridized carbons (Fsp3) is 0.125. The molecule has 0 radical (unpaired) electrons. The van der Waals surface area contributed by atoms with Crippen LogP contribution in [0.2, 0.25) is 0 Å². The van der Waals surface area contributed by atoms with E-state index in [2.05, 4.69) is 4.74 Å². The van der Waals surface area contributed by atoms with Gasteiger partial charge in [0.25, 0.3) is 0 Å². The molecule has 0 aromatic heterocycles. The predicted octanol–water partition coefficient (Wildman–Crippen LogP) is 0.0413. The Balaban J connectivity index is 0.00000144. The first-order chi connectivity index (χ1) is 5.74. The molecule has 0 heterocycles. The Morgan fingerprint density at radius 2 is 2.08 bits per heavy atom. The monoisotopic (exact) mass is 209 g/mol. The third-order valence-corrected chi connectivity index (χ3v) is 1.23. The first-order valence-electron chi connectivity index (χ1n) is 3.39. The molecule has 0 fully saturated rings. The van der Waals surface area contributed by atoms with E-state index >= 15 is 0 Å². The summed E-state index contributed by atoms with van der Waals surface area (Å²) in [6.45, 7) is -0.256. The van der Waals surface area contributed by atoms with Gasteiger partial charge >= 0.3 is 57.4 Å². The van der Waals surface area contributed by atoms with E-state index in [1.807, 2.05) is 0 Å². The minimum absolute atomic E-state index is 0. The van der Waals surface area contributed by atoms with E-state index in [0.717, 1.165) is 0 Å². The summed E-state index contributed by atoms with van der Waals surface area (Å²) < 4.78 is 17.3. The zero-order valence-electron chi connectivity index (χ0n) is 6.29. The van der Waals surface area contributed by atoms with E-state index in [-0.39, 0.29) is 63.7 Å². The summed E-state index contributed by atoms with van der Waals surface area (Å²) in [5.74, 6) is -1.31. The summed E-state index contributed by atoms with van der Waals surface area (Å²) in [5, 5.41) is 0. The summed E-state index contributed by atoms with van der Waals surface area (Å²) in [6.07, 6.45) is 0. The normalized spacial score (nSPS) is 8.77. The topological polar surface area (TPSA) is 52.3 Å². The van der Waals surface area contributed by atoms with Crippen LogP contribution in [0.25, 0.3) is 0 Å². The molecule has 2 N–H and O–H groups in total. The molecule has 0 amide bonds. The van der Waals surface area contributed by atoms with Crippen LogP contribution in [-0.4, -0.2) is 63.9 Å². The maximum atomic E-state index is 12.8. The standard InChI is InChI=1S/C8H8FNO2.K.H/c9-6-3-1-2-4-7(6)12-8(11)5-10;;/h1-4H,5,10H2;;. The van der Waals surface area contributed by atoms with Gasteiger partial charge in [0.2, 0.25) is 0 Å². The second-order valence-corrected chi connectivity index (χ2v) is 2.11. The maximum absolute atomic E-state index is 12.8. The summed E-state index contributed by atoms with van der Waals surface area (Å²) >= 11 is 0. The molecule has 1 rings (SSSR count). The third-order valence-electron chi connectivity index (χ3n) is 1.23. The number of rotatable bonds is 2. The molecule has 66 valence electrons. The van der Waals surface area contributed by atoms with Gasteiger partial charge in [-0.15, -0.1) is 0 Å². The van der Waals surface area contributed by atoms with Crippen molar-refractivity contribution in [1.29, 1.82) is 0 Å². The number of para-hydroxylation sites is 1. The molecule has 0 atom stereocenters. The van der Waals surface area contributed by atoms with Crippen molar-refractivity contribution in [3.8, 4) is 5.75 Å². The average Bonchev–Trinajstić information content (AvgIpc) is 2.09. The van der Waals surface area contributed by atoms with Crippen LogP contribution in [0.15, 0.2) is 24.3 Å². The molecule has 5 heteroatoms. The fourth-order valence-corrected chi connectivity index (χ4v) is 0.692. The number of nitrogens with two attached hydrogens (primary N) is 1. The van der Waals surface area contributed by atoms with Gasteiger partial charge in [0.1, 0.15) is 0 Å². The van der Waals surface area contributed by atoms with Crippen LogP contribution in [0.5, 0.6) is 5.75 Å². The van der Waals surface area contributed by atoms with Gasteiger partial charge in [0.15, 0.2) is 11.6 Å². The number of hydrogen-bond donors (Lipinski definition) is 1. The third kappa shape index (κ3) is 4.30. The van der Waals surface area contributed by atoms with E-state index < -0.39 is 11.8 Å². The van der Waals surface area contributed by atoms with Gasteiger partial charge in [-0.2, -0.15) is 0 Å². The van der Waals surface area contributed by atoms with Crippen molar-refractivity contribution >= 4 is 57.4 Å². The summed E-state index contributed by atoms with van der Waals surface area (Å²) in [5.41, 5.74) is 4.97. The molecule has 1 aromatic rings. The Morgan fingerprint density at radius 3 is 2.62 bits per heavy atom. The van der Waals surface area contributed by atoms with Crippen molar-refractivity contribution in [3.05, 3.63) is 30.1 Å². The van der Waals surface area contributed by atoms with E-state index in [4.69, 9.17) is 5.73 Å². The summed E-state index contributed by atoms with van der Waals surface area (Å²) in [4.78, 5) is 10.6. The molecule has 0 saturated heterocycles. The SMILES string of the molecule is NCC(=O)Oc1ccccc1F.[KH]. The molecule has 13 heavy (non-hydrogen) atoms. The van der Waals surface area contributed by atoms with Gasteiger partial charge in [-0.25, -0.2) is 4.39 Å². The molecule has 0 unspecified atom stereocenters. The van der Waals surface area contributed by atoms with Crippen LogP contribution in [0.3, 0.4) is 0 Å². The van der Waals surface area contributed by atoms with Gasteiger partial charge in [-0.1, -0.05) is 12.1 Å². The Bertz CT molecular complexity index is 293. The molecular weight excluding hydrogens is 200 g/mol. The Kier molecular flexibility index (Phi) is 6.75. The first-order valence-corrected chi connectivity index (χ1v) is 3.39. The van der Waals surface area contributed by atoms with Crippen LogP contribution < -0.4 is 10.5 Å². The Hall–Kier alpha value is 0.216. The Labute approximate surface area is 118 Å². The van der Waals surface area contributed by atoms with Gasteiger partial charge < -0.3 is 10.5 Å². The van der Waals surface area contributed by atoms with Gasteiger partial charge in [-0.3, -0.25) is 4.79 Å². The molecule has 0 aliphatic heterocycles. The zero-order chi connectivity index (χ0) is 8.97. The van der Waals surface area contributed by atoms with Crippen LogP contribution >= 0.6 is 0 Å². The number of halogens is 1. The van der Waals surface area contributed by atoms with Gasteiger partial charge in [0, 0.05) is 0 Å². The van der Waals surface area contributed by atoms with Crippen molar-refractivity contribution in [3.63, 3.8) is 0 Å². The first kappa shape index (κ1) is 13.2. The van der Waals surface area contributed by atoms with Crippen molar-refractivity contribution < 1.29 is 13.9 Å². The average molecular weight is 209 g/mol. The second kappa shape index (κ2) is 6.64. The van der Waals surface area contributed by atoms with Crippen LogP contribution in [0.1, 0.15) is 0 Å². The predicted molar refractivity (Wildman–Crippen MR) is 48.2 cm³/mol. The van der Waals surface area contributed by atoms with Crippen LogP contribution in [0, 0.1) is 5.82 Å². The molecule has 0 saturated carbocycles. The number of carbonyl (C=O) groups is 1. The number of ether oxygens (including phenoxy) is 1. The summed E-state index contributed by atoms with van der Waals surface area (Å²) in [6, 6.07) is 5.65. The molecule has 0 aliphatic rings. The molecule has 0 aliphatic carbocycles. The minimum atomic E-state index is -0.653. The van der Waals surface area contributed by atoms with Crippen LogP contribution in [-0.2, 0) is 4.79 Å². The molecule has 3 nitrogen and oxygen atoms in total. The van der Waals surface area contributed by atoms with Gasteiger partial charge in [-0.05, 0) is 12.1 Å². The van der Waals surface area contributed by atoms with E-state index in [0.29, 0.717) is 0 Å². The number of hydrogen-bond acceptors (Lipinski definition) is 3. The van der Waals surface area contributed by atoms with Gasteiger partial charge in [0.05, 0.1) is 6.54 Å². The van der Waals surface area contributed by atoms with Crippen molar-refractivity contribution in [1.82, 2.24) is 0 Å². The Morgan fingerprint density at radius 1 is 1.46 bits per heavy atom. The van der Waals surface area contributed by atoms with E-state index in [1.165, 1.54) is 18.2 Å². The van der Waals surface area contributed by atoms with Crippen LogP contribution in [0.4, 0.5) is 4.39 Å². The fourth-order valence-electron chi connectivity index (χ4n) is 0.692. The van der Waals surface area contributed by atoms with Crippen molar-refractivity contribution in [2.75, 3.05) is 6.54 Å². The number of carbonyl (C=O) groups excluding carboxylic acids is 1. The molecule has 0 bridgehead atoms. The number of benzene rings is 1. The second-order valence-electron chi connectivity index (χ2n) is 2.11. The zero-order valence-corrected chi connectivity index (χ0v) is 6.29. The van der Waals surface area contributed by atoms with Crippen molar-refractivity contribution in [2.45, 2.75) is 0 Å².